The molecule has 0 radical (unpaired) electrons. The molecular weight excluding hydrogens is 300 g/mol. The molecule has 1 saturated heterocycles. The summed E-state index contributed by atoms with van der Waals surface area (Å²) in [6, 6.07) is 16.6. The molecule has 2 aromatic rings. The summed E-state index contributed by atoms with van der Waals surface area (Å²) in [5.74, 6) is 1.76. The van der Waals surface area contributed by atoms with E-state index >= 15 is 0 Å². The van der Waals surface area contributed by atoms with Crippen LogP contribution in [-0.2, 0) is 4.79 Å². The van der Waals surface area contributed by atoms with Gasteiger partial charge in [0.2, 0.25) is 0 Å². The monoisotopic (exact) mass is 320 g/mol. The lowest BCUT2D eigenvalue weighted by Crippen LogP contribution is -2.16. The van der Waals surface area contributed by atoms with Crippen LogP contribution >= 0.6 is 11.8 Å². The third-order valence-corrected chi connectivity index (χ3v) is 4.97. The summed E-state index contributed by atoms with van der Waals surface area (Å²) in [7, 11) is 0. The Bertz CT molecular complexity index is 699. The first-order valence-electron chi connectivity index (χ1n) is 7.79. The van der Waals surface area contributed by atoms with Crippen molar-refractivity contribution in [3.8, 4) is 0 Å². The molecule has 1 aliphatic rings. The molecule has 1 nitrogen and oxygen atoms in total. The number of hydrogen-bond donors (Lipinski definition) is 0. The third kappa shape index (κ3) is 4.02. The van der Waals surface area contributed by atoms with Crippen LogP contribution in [-0.4, -0.2) is 17.3 Å². The van der Waals surface area contributed by atoms with Crippen molar-refractivity contribution in [2.45, 2.75) is 13.8 Å². The van der Waals surface area contributed by atoms with Gasteiger partial charge < -0.3 is 0 Å². The Labute approximate surface area is 142 Å². The van der Waals surface area contributed by atoms with Gasteiger partial charge in [-0.25, -0.2) is 0 Å². The lowest BCUT2D eigenvalue weighted by molar-refractivity contribution is -0.112. The SMILES string of the molecule is Cc1ccc(/C=C2\CSC/C(=C\c3ccc(C)cc3)C2=O)cc1. The predicted molar refractivity (Wildman–Crippen MR) is 101 cm³/mol. The van der Waals surface area contributed by atoms with Gasteiger partial charge in [-0.2, -0.15) is 11.8 Å². The summed E-state index contributed by atoms with van der Waals surface area (Å²) in [6.45, 7) is 4.14. The van der Waals surface area contributed by atoms with Crippen LogP contribution in [0.15, 0.2) is 59.7 Å². The molecule has 0 N–H and O–H groups in total. The van der Waals surface area contributed by atoms with E-state index in [1.807, 2.05) is 12.2 Å². The Morgan fingerprint density at radius 2 is 1.13 bits per heavy atom. The Kier molecular flexibility index (Phi) is 4.82. The Hall–Kier alpha value is -2.06. The Balaban J connectivity index is 1.86. The molecule has 1 fully saturated rings. The molecule has 0 aliphatic carbocycles. The molecule has 116 valence electrons. The minimum Gasteiger partial charge on any atom is -0.289 e. The van der Waals surface area contributed by atoms with E-state index in [1.165, 1.54) is 11.1 Å². The summed E-state index contributed by atoms with van der Waals surface area (Å²) >= 11 is 1.80. The fourth-order valence-electron chi connectivity index (χ4n) is 2.55. The van der Waals surface area contributed by atoms with Crippen LogP contribution < -0.4 is 0 Å². The van der Waals surface area contributed by atoms with Crippen molar-refractivity contribution in [1.82, 2.24) is 0 Å². The van der Waals surface area contributed by atoms with Crippen molar-refractivity contribution in [2.75, 3.05) is 11.5 Å². The molecule has 0 atom stereocenters. The summed E-state index contributed by atoms with van der Waals surface area (Å²) in [5, 5.41) is 0. The highest BCUT2D eigenvalue weighted by Gasteiger charge is 2.20. The molecule has 3 rings (SSSR count). The maximum atomic E-state index is 12.7. The van der Waals surface area contributed by atoms with Crippen molar-refractivity contribution in [3.63, 3.8) is 0 Å². The molecule has 0 spiro atoms. The second kappa shape index (κ2) is 7.01. The third-order valence-electron chi connectivity index (χ3n) is 3.93. The van der Waals surface area contributed by atoms with E-state index in [-0.39, 0.29) is 5.78 Å². The van der Waals surface area contributed by atoms with E-state index in [0.717, 1.165) is 33.8 Å². The number of benzene rings is 2. The number of hydrogen-bond acceptors (Lipinski definition) is 2. The zero-order chi connectivity index (χ0) is 16.2. The van der Waals surface area contributed by atoms with Crippen molar-refractivity contribution in [2.24, 2.45) is 0 Å². The zero-order valence-electron chi connectivity index (χ0n) is 13.5. The number of aryl methyl sites for hydroxylation is 2. The molecule has 23 heavy (non-hydrogen) atoms. The van der Waals surface area contributed by atoms with E-state index in [2.05, 4.69) is 62.4 Å². The van der Waals surface area contributed by atoms with Crippen LogP contribution in [0.25, 0.3) is 12.2 Å². The summed E-state index contributed by atoms with van der Waals surface area (Å²) in [6.07, 6.45) is 4.05. The maximum Gasteiger partial charge on any atom is 0.186 e. The van der Waals surface area contributed by atoms with Crippen LogP contribution in [0.2, 0.25) is 0 Å². The summed E-state index contributed by atoms with van der Waals surface area (Å²) in [4.78, 5) is 12.7. The lowest BCUT2D eigenvalue weighted by Gasteiger charge is -2.16. The average molecular weight is 320 g/mol. The molecule has 1 heterocycles. The summed E-state index contributed by atoms with van der Waals surface area (Å²) < 4.78 is 0. The molecule has 1 aliphatic heterocycles. The van der Waals surface area contributed by atoms with E-state index in [9.17, 15) is 4.79 Å². The lowest BCUT2D eigenvalue weighted by atomic mass is 10.00. The van der Waals surface area contributed by atoms with Gasteiger partial charge in [-0.05, 0) is 37.1 Å². The number of ketones is 1. The van der Waals surface area contributed by atoms with Crippen LogP contribution in [0.3, 0.4) is 0 Å². The maximum absolute atomic E-state index is 12.7. The number of carbonyl (C=O) groups is 1. The van der Waals surface area contributed by atoms with Gasteiger partial charge in [-0.3, -0.25) is 4.79 Å². The van der Waals surface area contributed by atoms with Gasteiger partial charge in [0.05, 0.1) is 0 Å². The molecule has 0 unspecified atom stereocenters. The van der Waals surface area contributed by atoms with Gasteiger partial charge in [0, 0.05) is 22.7 Å². The highest BCUT2D eigenvalue weighted by atomic mass is 32.2. The molecule has 0 amide bonds. The number of carbonyl (C=O) groups excluding carboxylic acids is 1. The standard InChI is InChI=1S/C21H20OS/c1-15-3-7-17(8-4-15)11-19-13-23-14-20(21(19)22)12-18-9-5-16(2)6-10-18/h3-12H,13-14H2,1-2H3/b19-11+,20-12+. The summed E-state index contributed by atoms with van der Waals surface area (Å²) in [5.41, 5.74) is 6.44. The van der Waals surface area contributed by atoms with E-state index in [4.69, 9.17) is 0 Å². The minimum absolute atomic E-state index is 0.185. The first-order chi connectivity index (χ1) is 11.1. The van der Waals surface area contributed by atoms with Gasteiger partial charge in [0.15, 0.2) is 5.78 Å². The first kappa shape index (κ1) is 15.8. The number of Topliss-reactive ketones (excluding diaryl/α,β-unsaturated/α-hetero) is 1. The van der Waals surface area contributed by atoms with Crippen LogP contribution in [0.4, 0.5) is 0 Å². The molecule has 2 heteroatoms. The first-order valence-corrected chi connectivity index (χ1v) is 8.94. The van der Waals surface area contributed by atoms with E-state index in [1.54, 1.807) is 11.8 Å². The highest BCUT2D eigenvalue weighted by Crippen LogP contribution is 2.27. The molecule has 0 bridgehead atoms. The van der Waals surface area contributed by atoms with Crippen molar-refractivity contribution < 1.29 is 4.79 Å². The zero-order valence-corrected chi connectivity index (χ0v) is 14.3. The van der Waals surface area contributed by atoms with Gasteiger partial charge in [-0.1, -0.05) is 59.7 Å². The van der Waals surface area contributed by atoms with E-state index < -0.39 is 0 Å². The van der Waals surface area contributed by atoms with Gasteiger partial charge in [0.25, 0.3) is 0 Å². The smallest absolute Gasteiger partial charge is 0.186 e. The average Bonchev–Trinajstić information content (AvgIpc) is 2.55. The molecule has 2 aromatic carbocycles. The Morgan fingerprint density at radius 3 is 1.52 bits per heavy atom. The van der Waals surface area contributed by atoms with Crippen LogP contribution in [0.5, 0.6) is 0 Å². The largest absolute Gasteiger partial charge is 0.289 e. The van der Waals surface area contributed by atoms with Crippen molar-refractivity contribution >= 4 is 29.7 Å². The van der Waals surface area contributed by atoms with Gasteiger partial charge in [-0.15, -0.1) is 0 Å². The van der Waals surface area contributed by atoms with Gasteiger partial charge >= 0.3 is 0 Å². The van der Waals surface area contributed by atoms with Gasteiger partial charge in [0.1, 0.15) is 0 Å². The predicted octanol–water partition coefficient (Wildman–Crippen LogP) is 5.09. The normalized spacial score (nSPS) is 18.6. The molecule has 0 aromatic heterocycles. The Morgan fingerprint density at radius 1 is 0.739 bits per heavy atom. The minimum atomic E-state index is 0.185. The number of thioether (sulfide) groups is 1. The fraction of sp³-hybridized carbons (Fsp3) is 0.190. The second-order valence-corrected chi connectivity index (χ2v) is 6.97. The fourth-order valence-corrected chi connectivity index (χ4v) is 3.52. The van der Waals surface area contributed by atoms with Crippen LogP contribution in [0.1, 0.15) is 22.3 Å². The quantitative estimate of drug-likeness (QED) is 0.717. The second-order valence-electron chi connectivity index (χ2n) is 5.98. The van der Waals surface area contributed by atoms with Crippen LogP contribution in [0, 0.1) is 13.8 Å². The van der Waals surface area contributed by atoms with Crippen molar-refractivity contribution in [3.05, 3.63) is 81.9 Å². The topological polar surface area (TPSA) is 17.1 Å². The number of rotatable bonds is 2. The van der Waals surface area contributed by atoms with Crippen molar-refractivity contribution in [1.29, 1.82) is 0 Å². The van der Waals surface area contributed by atoms with E-state index in [0.29, 0.717) is 0 Å². The molecular formula is C21H20OS. The molecule has 0 saturated carbocycles. The highest BCUT2D eigenvalue weighted by molar-refractivity contribution is 7.99.